The van der Waals surface area contributed by atoms with Crippen LogP contribution in [0.15, 0.2) is 0 Å². The minimum absolute atomic E-state index is 0.146. The number of carbonyl (C=O) groups is 3. The fraction of sp³-hybridized carbons (Fsp3) is 0.769. The van der Waals surface area contributed by atoms with Crippen LogP contribution in [0.1, 0.15) is 47.5 Å². The standard InChI is InChI=1S/C13H24N2O3/c1-8(2)12(18)9(6-10(14)16)15-11(17)7-13(3,4)5/h8-9H,6-7H2,1-5H3,(H2,14,16)(H,15,17)/t9-/m0/s1. The Balaban J connectivity index is 4.65. The first-order valence-electron chi connectivity index (χ1n) is 6.14. The van der Waals surface area contributed by atoms with Gasteiger partial charge in [0.05, 0.1) is 12.5 Å². The molecule has 0 spiro atoms. The second-order valence-corrected chi connectivity index (χ2v) is 6.09. The average Bonchev–Trinajstić information content (AvgIpc) is 2.11. The molecule has 0 aromatic carbocycles. The molecule has 0 saturated carbocycles. The lowest BCUT2D eigenvalue weighted by Crippen LogP contribution is -2.45. The van der Waals surface area contributed by atoms with Crippen LogP contribution in [0.5, 0.6) is 0 Å². The van der Waals surface area contributed by atoms with Crippen molar-refractivity contribution in [3.05, 3.63) is 0 Å². The Hall–Kier alpha value is -1.39. The Bertz CT molecular complexity index is 330. The highest BCUT2D eigenvalue weighted by atomic mass is 16.2. The van der Waals surface area contributed by atoms with Crippen molar-refractivity contribution in [1.82, 2.24) is 5.32 Å². The van der Waals surface area contributed by atoms with Crippen molar-refractivity contribution in [2.45, 2.75) is 53.5 Å². The number of ketones is 1. The Morgan fingerprint density at radius 1 is 1.17 bits per heavy atom. The van der Waals surface area contributed by atoms with Gasteiger partial charge in [-0.3, -0.25) is 14.4 Å². The van der Waals surface area contributed by atoms with Crippen molar-refractivity contribution in [1.29, 1.82) is 0 Å². The zero-order chi connectivity index (χ0) is 14.5. The van der Waals surface area contributed by atoms with Gasteiger partial charge in [-0.2, -0.15) is 0 Å². The molecular formula is C13H24N2O3. The number of primary amides is 1. The van der Waals surface area contributed by atoms with E-state index in [9.17, 15) is 14.4 Å². The van der Waals surface area contributed by atoms with E-state index in [4.69, 9.17) is 5.73 Å². The molecule has 1 atom stereocenters. The fourth-order valence-electron chi connectivity index (χ4n) is 1.55. The highest BCUT2D eigenvalue weighted by Gasteiger charge is 2.26. The van der Waals surface area contributed by atoms with E-state index in [1.807, 2.05) is 20.8 Å². The third-order valence-electron chi connectivity index (χ3n) is 2.34. The zero-order valence-corrected chi connectivity index (χ0v) is 11.9. The van der Waals surface area contributed by atoms with E-state index in [0.717, 1.165) is 0 Å². The molecule has 5 nitrogen and oxygen atoms in total. The maximum Gasteiger partial charge on any atom is 0.221 e. The molecule has 18 heavy (non-hydrogen) atoms. The number of carbonyl (C=O) groups excluding carboxylic acids is 3. The van der Waals surface area contributed by atoms with Crippen LogP contribution in [-0.4, -0.2) is 23.6 Å². The summed E-state index contributed by atoms with van der Waals surface area (Å²) in [5, 5.41) is 2.60. The second kappa shape index (κ2) is 6.52. The van der Waals surface area contributed by atoms with Crippen LogP contribution in [0.2, 0.25) is 0 Å². The summed E-state index contributed by atoms with van der Waals surface area (Å²) in [6.07, 6.45) is 0.153. The maximum atomic E-state index is 11.9. The monoisotopic (exact) mass is 256 g/mol. The molecule has 2 amide bonds. The largest absolute Gasteiger partial charge is 0.370 e. The smallest absolute Gasteiger partial charge is 0.221 e. The van der Waals surface area contributed by atoms with Crippen LogP contribution in [0, 0.1) is 11.3 Å². The zero-order valence-electron chi connectivity index (χ0n) is 11.9. The summed E-state index contributed by atoms with van der Waals surface area (Å²) in [6, 6.07) is -0.808. The van der Waals surface area contributed by atoms with E-state index in [-0.39, 0.29) is 29.4 Å². The van der Waals surface area contributed by atoms with E-state index in [0.29, 0.717) is 6.42 Å². The van der Waals surface area contributed by atoms with Gasteiger partial charge in [0.1, 0.15) is 0 Å². The van der Waals surface area contributed by atoms with E-state index in [2.05, 4.69) is 5.32 Å². The summed E-state index contributed by atoms with van der Waals surface area (Å²) in [5.74, 6) is -1.24. The van der Waals surface area contributed by atoms with Crippen LogP contribution < -0.4 is 11.1 Å². The van der Waals surface area contributed by atoms with Crippen molar-refractivity contribution in [2.75, 3.05) is 0 Å². The van der Waals surface area contributed by atoms with Gasteiger partial charge in [-0.25, -0.2) is 0 Å². The van der Waals surface area contributed by atoms with E-state index >= 15 is 0 Å². The van der Waals surface area contributed by atoms with Crippen LogP contribution in [-0.2, 0) is 14.4 Å². The van der Waals surface area contributed by atoms with Gasteiger partial charge in [0.2, 0.25) is 11.8 Å². The summed E-state index contributed by atoms with van der Waals surface area (Å²) in [5.41, 5.74) is 4.93. The molecule has 0 heterocycles. The van der Waals surface area contributed by atoms with Gasteiger partial charge in [0, 0.05) is 12.3 Å². The van der Waals surface area contributed by atoms with E-state index in [1.54, 1.807) is 13.8 Å². The fourth-order valence-corrected chi connectivity index (χ4v) is 1.55. The number of nitrogens with one attached hydrogen (secondary N) is 1. The average molecular weight is 256 g/mol. The van der Waals surface area contributed by atoms with Gasteiger partial charge < -0.3 is 11.1 Å². The Labute approximate surface area is 108 Å². The van der Waals surface area contributed by atoms with Gasteiger partial charge in [-0.15, -0.1) is 0 Å². The van der Waals surface area contributed by atoms with Crippen LogP contribution in [0.4, 0.5) is 0 Å². The van der Waals surface area contributed by atoms with Crippen molar-refractivity contribution >= 4 is 17.6 Å². The molecule has 0 fully saturated rings. The van der Waals surface area contributed by atoms with Crippen molar-refractivity contribution in [3.63, 3.8) is 0 Å². The molecule has 5 heteroatoms. The lowest BCUT2D eigenvalue weighted by atomic mass is 9.91. The van der Waals surface area contributed by atoms with Crippen LogP contribution in [0.25, 0.3) is 0 Å². The molecule has 0 aliphatic rings. The quantitative estimate of drug-likeness (QED) is 0.743. The summed E-state index contributed by atoms with van der Waals surface area (Å²) < 4.78 is 0. The topological polar surface area (TPSA) is 89.3 Å². The van der Waals surface area contributed by atoms with Gasteiger partial charge >= 0.3 is 0 Å². The van der Waals surface area contributed by atoms with Crippen LogP contribution >= 0.6 is 0 Å². The molecule has 0 saturated heterocycles. The van der Waals surface area contributed by atoms with Crippen molar-refractivity contribution in [2.24, 2.45) is 17.1 Å². The van der Waals surface area contributed by atoms with Crippen molar-refractivity contribution < 1.29 is 14.4 Å². The number of hydrogen-bond acceptors (Lipinski definition) is 3. The normalized spacial score (nSPS) is 13.2. The van der Waals surface area contributed by atoms with E-state index in [1.165, 1.54) is 0 Å². The van der Waals surface area contributed by atoms with Crippen molar-refractivity contribution in [3.8, 4) is 0 Å². The summed E-state index contributed by atoms with van der Waals surface area (Å²) in [7, 11) is 0. The number of amides is 2. The number of nitrogens with two attached hydrogens (primary N) is 1. The van der Waals surface area contributed by atoms with E-state index < -0.39 is 11.9 Å². The van der Waals surface area contributed by atoms with Gasteiger partial charge in [-0.05, 0) is 5.41 Å². The Kier molecular flexibility index (Phi) is 6.01. The van der Waals surface area contributed by atoms with Crippen LogP contribution in [0.3, 0.4) is 0 Å². The van der Waals surface area contributed by atoms with Gasteiger partial charge in [0.25, 0.3) is 0 Å². The first-order chi connectivity index (χ1) is 8.03. The first-order valence-corrected chi connectivity index (χ1v) is 6.14. The molecule has 0 radical (unpaired) electrons. The lowest BCUT2D eigenvalue weighted by Gasteiger charge is -2.22. The third-order valence-corrected chi connectivity index (χ3v) is 2.34. The summed E-state index contributed by atoms with van der Waals surface area (Å²) >= 11 is 0. The molecule has 0 unspecified atom stereocenters. The molecule has 0 rings (SSSR count). The Morgan fingerprint density at radius 3 is 2.00 bits per heavy atom. The predicted molar refractivity (Wildman–Crippen MR) is 69.7 cm³/mol. The third kappa shape index (κ3) is 7.04. The SMILES string of the molecule is CC(C)C(=O)[C@H](CC(N)=O)NC(=O)CC(C)(C)C. The molecule has 104 valence electrons. The van der Waals surface area contributed by atoms with Gasteiger partial charge in [-0.1, -0.05) is 34.6 Å². The summed E-state index contributed by atoms with van der Waals surface area (Å²) in [6.45, 7) is 9.25. The predicted octanol–water partition coefficient (Wildman–Crippen LogP) is 1.01. The minimum Gasteiger partial charge on any atom is -0.370 e. The molecule has 0 bridgehead atoms. The molecule has 0 aromatic heterocycles. The molecule has 0 aliphatic carbocycles. The highest BCUT2D eigenvalue weighted by Crippen LogP contribution is 2.18. The Morgan fingerprint density at radius 2 is 1.67 bits per heavy atom. The molecule has 0 aromatic rings. The minimum atomic E-state index is -0.808. The number of Topliss-reactive ketones (excluding diaryl/α,β-unsaturated/α-hetero) is 1. The summed E-state index contributed by atoms with van der Waals surface area (Å²) in [4.78, 5) is 34.5. The van der Waals surface area contributed by atoms with Gasteiger partial charge in [0.15, 0.2) is 5.78 Å². The highest BCUT2D eigenvalue weighted by molar-refractivity contribution is 5.93. The maximum absolute atomic E-state index is 11.9. The molecular weight excluding hydrogens is 232 g/mol. The molecule has 0 aliphatic heterocycles. The number of rotatable bonds is 6. The first kappa shape index (κ1) is 16.6. The molecule has 3 N–H and O–H groups in total. The second-order valence-electron chi connectivity index (χ2n) is 6.09. The lowest BCUT2D eigenvalue weighted by molar-refractivity contribution is -0.132. The number of hydrogen-bond donors (Lipinski definition) is 2.